The molecule has 0 radical (unpaired) electrons. The molecule has 0 aliphatic carbocycles. The zero-order valence-electron chi connectivity index (χ0n) is 11.0. The number of anilines is 1. The van der Waals surface area contributed by atoms with Crippen molar-refractivity contribution in [1.82, 2.24) is 0 Å². The van der Waals surface area contributed by atoms with Gasteiger partial charge in [0.2, 0.25) is 0 Å². The first-order valence-electron chi connectivity index (χ1n) is 6.18. The van der Waals surface area contributed by atoms with Crippen LogP contribution in [-0.4, -0.2) is 29.3 Å². The summed E-state index contributed by atoms with van der Waals surface area (Å²) in [7, 11) is -1.93. The third-order valence-electron chi connectivity index (χ3n) is 2.08. The van der Waals surface area contributed by atoms with Crippen LogP contribution in [0.3, 0.4) is 0 Å². The molecule has 1 aromatic carbocycles. The second kappa shape index (κ2) is 9.84. The molecule has 1 N–H and O–H groups in total. The van der Waals surface area contributed by atoms with E-state index in [-0.39, 0.29) is 0 Å². The first-order chi connectivity index (χ1) is 8.86. The summed E-state index contributed by atoms with van der Waals surface area (Å²) in [5.41, 5.74) is 1.05. The van der Waals surface area contributed by atoms with Gasteiger partial charge in [0.15, 0.2) is 0 Å². The Morgan fingerprint density at radius 1 is 1.06 bits per heavy atom. The summed E-state index contributed by atoms with van der Waals surface area (Å²) in [6, 6.07) is 9.96. The zero-order chi connectivity index (χ0) is 13.1. The van der Waals surface area contributed by atoms with Gasteiger partial charge in [-0.25, -0.2) is 0 Å². The Balaban J connectivity index is 2.19. The molecular formula is C13H21NO3Si. The molecule has 100 valence electrons. The van der Waals surface area contributed by atoms with E-state index in [0.29, 0.717) is 19.8 Å². The molecule has 0 saturated heterocycles. The van der Waals surface area contributed by atoms with Crippen molar-refractivity contribution < 1.29 is 13.3 Å². The van der Waals surface area contributed by atoms with Crippen molar-refractivity contribution in [2.24, 2.45) is 0 Å². The molecule has 0 heterocycles. The molecule has 0 atom stereocenters. The number of hydrogen-bond acceptors (Lipinski definition) is 4. The second-order valence-electron chi connectivity index (χ2n) is 3.45. The monoisotopic (exact) mass is 267 g/mol. The minimum atomic E-state index is -1.93. The number of nitrogens with one attached hydrogen (secondary N) is 1. The van der Waals surface area contributed by atoms with E-state index >= 15 is 0 Å². The van der Waals surface area contributed by atoms with E-state index in [4.69, 9.17) is 13.3 Å². The second-order valence-corrected chi connectivity index (χ2v) is 5.02. The first-order valence-corrected chi connectivity index (χ1v) is 7.59. The summed E-state index contributed by atoms with van der Waals surface area (Å²) in [6.07, 6.45) is 3.77. The number of hydrogen-bond donors (Lipinski definition) is 1. The van der Waals surface area contributed by atoms with Crippen molar-refractivity contribution in [1.29, 1.82) is 0 Å². The average molecular weight is 267 g/mol. The van der Waals surface area contributed by atoms with Crippen LogP contribution in [0.25, 0.3) is 0 Å². The van der Waals surface area contributed by atoms with E-state index in [1.165, 1.54) is 0 Å². The molecule has 18 heavy (non-hydrogen) atoms. The van der Waals surface area contributed by atoms with E-state index < -0.39 is 9.53 Å². The molecule has 0 bridgehead atoms. The zero-order valence-corrected chi connectivity index (χ0v) is 12.1. The van der Waals surface area contributed by atoms with E-state index in [9.17, 15) is 0 Å². The van der Waals surface area contributed by atoms with Crippen molar-refractivity contribution in [3.8, 4) is 0 Å². The maximum absolute atomic E-state index is 5.53. The summed E-state index contributed by atoms with van der Waals surface area (Å²) in [4.78, 5) is 0. The van der Waals surface area contributed by atoms with Crippen LogP contribution in [0, 0.1) is 0 Å². The number of para-hydroxylation sites is 1. The van der Waals surface area contributed by atoms with Gasteiger partial charge in [0.25, 0.3) is 0 Å². The fraction of sp³-hybridized carbons (Fsp3) is 0.385. The highest BCUT2D eigenvalue weighted by atomic mass is 28.3. The van der Waals surface area contributed by atoms with Crippen LogP contribution < -0.4 is 5.32 Å². The Morgan fingerprint density at radius 3 is 2.33 bits per heavy atom. The predicted molar refractivity (Wildman–Crippen MR) is 75.6 cm³/mol. The lowest BCUT2D eigenvalue weighted by Crippen LogP contribution is -2.27. The quantitative estimate of drug-likeness (QED) is 0.698. The molecule has 4 nitrogen and oxygen atoms in total. The van der Waals surface area contributed by atoms with Gasteiger partial charge in [0.1, 0.15) is 0 Å². The highest BCUT2D eigenvalue weighted by molar-refractivity contribution is 6.36. The Hall–Kier alpha value is -1.14. The smallest absolute Gasteiger partial charge is 0.376 e. The van der Waals surface area contributed by atoms with E-state index in [1.54, 1.807) is 0 Å². The van der Waals surface area contributed by atoms with Crippen LogP contribution in [0.1, 0.15) is 13.8 Å². The Kier molecular flexibility index (Phi) is 8.16. The minimum absolute atomic E-state index is 0.497. The van der Waals surface area contributed by atoms with Crippen LogP contribution in [0.4, 0.5) is 5.69 Å². The third-order valence-corrected chi connectivity index (χ3v) is 3.75. The molecule has 0 aliphatic rings. The van der Waals surface area contributed by atoms with Gasteiger partial charge in [-0.1, -0.05) is 18.2 Å². The van der Waals surface area contributed by atoms with Gasteiger partial charge in [-0.05, 0) is 38.3 Å². The van der Waals surface area contributed by atoms with Crippen LogP contribution in [-0.2, 0) is 13.3 Å². The molecule has 0 fully saturated rings. The Bertz CT molecular complexity index is 326. The van der Waals surface area contributed by atoms with Crippen LogP contribution in [0.5, 0.6) is 0 Å². The van der Waals surface area contributed by atoms with Crippen molar-refractivity contribution in [3.05, 3.63) is 42.6 Å². The first kappa shape index (κ1) is 14.9. The lowest BCUT2D eigenvalue weighted by molar-refractivity contribution is 0.112. The van der Waals surface area contributed by atoms with Crippen molar-refractivity contribution in [2.75, 3.05) is 25.1 Å². The third kappa shape index (κ3) is 6.56. The predicted octanol–water partition coefficient (Wildman–Crippen LogP) is 2.42. The summed E-state index contributed by atoms with van der Waals surface area (Å²) >= 11 is 0. The highest BCUT2D eigenvalue weighted by Gasteiger charge is 2.11. The van der Waals surface area contributed by atoms with Crippen LogP contribution in [0.2, 0.25) is 0 Å². The minimum Gasteiger partial charge on any atom is -0.376 e. The fourth-order valence-corrected chi connectivity index (χ4v) is 2.39. The fourth-order valence-electron chi connectivity index (χ4n) is 1.29. The molecule has 0 unspecified atom stereocenters. The standard InChI is InChI=1S/C13H21NO3Si/c1-3-15-18(16-4-2)17-12-8-11-14-13-9-6-5-7-10-13/h5-11,14,18H,3-4,12H2,1-2H3. The largest absolute Gasteiger partial charge is 0.484 e. The summed E-state index contributed by atoms with van der Waals surface area (Å²) in [5.74, 6) is 0. The molecular weight excluding hydrogens is 246 g/mol. The Labute approximate surface area is 111 Å². The lowest BCUT2D eigenvalue weighted by Gasteiger charge is -2.13. The number of benzene rings is 1. The van der Waals surface area contributed by atoms with Gasteiger partial charge in [-0.3, -0.25) is 0 Å². The van der Waals surface area contributed by atoms with Crippen LogP contribution >= 0.6 is 0 Å². The highest BCUT2D eigenvalue weighted by Crippen LogP contribution is 2.04. The molecule has 0 amide bonds. The van der Waals surface area contributed by atoms with Gasteiger partial charge < -0.3 is 18.6 Å². The molecule has 5 heteroatoms. The topological polar surface area (TPSA) is 39.7 Å². The normalized spacial score (nSPS) is 11.3. The van der Waals surface area contributed by atoms with Crippen molar-refractivity contribution in [2.45, 2.75) is 13.8 Å². The van der Waals surface area contributed by atoms with Crippen molar-refractivity contribution >= 4 is 15.2 Å². The van der Waals surface area contributed by atoms with E-state index in [2.05, 4.69) is 5.32 Å². The summed E-state index contributed by atoms with van der Waals surface area (Å²) < 4.78 is 16.3. The maximum atomic E-state index is 5.53. The van der Waals surface area contributed by atoms with Crippen LogP contribution in [0.15, 0.2) is 42.6 Å². The van der Waals surface area contributed by atoms with E-state index in [1.807, 2.05) is 56.5 Å². The molecule has 0 aliphatic heterocycles. The molecule has 0 saturated carbocycles. The van der Waals surface area contributed by atoms with E-state index in [0.717, 1.165) is 5.69 Å². The lowest BCUT2D eigenvalue weighted by atomic mass is 10.3. The van der Waals surface area contributed by atoms with Gasteiger partial charge in [-0.15, -0.1) is 0 Å². The molecule has 0 aromatic heterocycles. The van der Waals surface area contributed by atoms with Gasteiger partial charge in [-0.2, -0.15) is 0 Å². The molecule has 0 spiro atoms. The van der Waals surface area contributed by atoms with Gasteiger partial charge in [0.05, 0.1) is 6.61 Å². The number of rotatable bonds is 9. The molecule has 1 aromatic rings. The average Bonchev–Trinajstić information content (AvgIpc) is 2.40. The Morgan fingerprint density at radius 2 is 1.72 bits per heavy atom. The molecule has 1 rings (SSSR count). The SMILES string of the molecule is CCO[SiH](OCC)OCC=CNc1ccccc1. The summed E-state index contributed by atoms with van der Waals surface area (Å²) in [5, 5.41) is 3.16. The maximum Gasteiger partial charge on any atom is 0.484 e. The van der Waals surface area contributed by atoms with Gasteiger partial charge in [0, 0.05) is 18.9 Å². The van der Waals surface area contributed by atoms with Gasteiger partial charge >= 0.3 is 9.53 Å². The summed E-state index contributed by atoms with van der Waals surface area (Å²) in [6.45, 7) is 5.63. The van der Waals surface area contributed by atoms with Crippen molar-refractivity contribution in [3.63, 3.8) is 0 Å².